The first-order valence-electron chi connectivity index (χ1n) is 9.07. The number of morpholine rings is 1. The third kappa shape index (κ3) is 3.47. The molecule has 1 saturated heterocycles. The van der Waals surface area contributed by atoms with Gasteiger partial charge >= 0.3 is 0 Å². The number of halogens is 1. The fourth-order valence-electron chi connectivity index (χ4n) is 3.60. The molecule has 3 aliphatic heterocycles. The molecule has 0 amide bonds. The van der Waals surface area contributed by atoms with Crippen molar-refractivity contribution < 1.29 is 4.74 Å². The number of ether oxygens (including phenoxy) is 1. The van der Waals surface area contributed by atoms with Crippen molar-refractivity contribution in [3.05, 3.63) is 64.6 Å². The predicted molar refractivity (Wildman–Crippen MR) is 105 cm³/mol. The van der Waals surface area contributed by atoms with Gasteiger partial charge in [0.25, 0.3) is 0 Å². The van der Waals surface area contributed by atoms with E-state index in [0.717, 1.165) is 61.2 Å². The number of allylic oxidation sites excluding steroid dienone is 1. The van der Waals surface area contributed by atoms with Gasteiger partial charge in [0.05, 0.1) is 36.8 Å². The molecule has 0 aliphatic carbocycles. The lowest BCUT2D eigenvalue weighted by Crippen LogP contribution is -2.48. The van der Waals surface area contributed by atoms with Crippen LogP contribution in [0.2, 0.25) is 5.02 Å². The van der Waals surface area contributed by atoms with Crippen LogP contribution in [0.5, 0.6) is 0 Å². The molecule has 3 heterocycles. The van der Waals surface area contributed by atoms with Crippen LogP contribution < -0.4 is 10.6 Å². The fourth-order valence-corrected chi connectivity index (χ4v) is 3.73. The average Bonchev–Trinajstić information content (AvgIpc) is 3.01. The molecule has 138 valence electrons. The Morgan fingerprint density at radius 2 is 2.00 bits per heavy atom. The molecule has 5 nitrogen and oxygen atoms in total. The van der Waals surface area contributed by atoms with E-state index < -0.39 is 0 Å². The van der Waals surface area contributed by atoms with Crippen molar-refractivity contribution >= 4 is 17.3 Å². The van der Waals surface area contributed by atoms with Gasteiger partial charge in [-0.2, -0.15) is 0 Å². The molecule has 0 aromatic heterocycles. The molecule has 6 heteroatoms. The number of nitrogens with one attached hydrogen (secondary N) is 2. The Hall–Kier alpha value is -1.95. The minimum absolute atomic E-state index is 0.208. The van der Waals surface area contributed by atoms with Crippen LogP contribution in [0.15, 0.2) is 54.0 Å². The molecular formula is C20H25ClN4O. The van der Waals surface area contributed by atoms with E-state index >= 15 is 0 Å². The summed E-state index contributed by atoms with van der Waals surface area (Å²) in [5.74, 6) is 0. The Bertz CT molecular complexity index is 750. The standard InChI is InChI=1S/C20H25ClN4O/c1-14(2)17-12-25-18(13-24-7-9-26-10-8-24)20(23-19(25)11-22-17)15-3-5-16(21)6-4-15/h3-6,12,19,22-23H,1,7-11,13H2,2H3. The number of hydrogen-bond donors (Lipinski definition) is 2. The number of nitrogens with zero attached hydrogens (tertiary/aromatic N) is 2. The minimum atomic E-state index is 0.208. The van der Waals surface area contributed by atoms with Crippen molar-refractivity contribution in [3.63, 3.8) is 0 Å². The quantitative estimate of drug-likeness (QED) is 0.850. The van der Waals surface area contributed by atoms with Gasteiger partial charge in [0.2, 0.25) is 0 Å². The Morgan fingerprint density at radius 3 is 2.69 bits per heavy atom. The van der Waals surface area contributed by atoms with Gasteiger partial charge < -0.3 is 20.3 Å². The molecule has 1 fully saturated rings. The summed E-state index contributed by atoms with van der Waals surface area (Å²) in [5.41, 5.74) is 5.78. The van der Waals surface area contributed by atoms with Gasteiger partial charge in [0.1, 0.15) is 6.17 Å². The van der Waals surface area contributed by atoms with E-state index in [0.29, 0.717) is 0 Å². The average molecular weight is 373 g/mol. The van der Waals surface area contributed by atoms with Crippen LogP contribution in [0.4, 0.5) is 0 Å². The summed E-state index contributed by atoms with van der Waals surface area (Å²) >= 11 is 6.09. The van der Waals surface area contributed by atoms with Crippen molar-refractivity contribution in [1.82, 2.24) is 20.4 Å². The van der Waals surface area contributed by atoms with Gasteiger partial charge in [-0.1, -0.05) is 30.3 Å². The second-order valence-electron chi connectivity index (χ2n) is 6.99. The lowest BCUT2D eigenvalue weighted by molar-refractivity contribution is 0.0397. The van der Waals surface area contributed by atoms with E-state index in [1.165, 1.54) is 11.4 Å². The van der Waals surface area contributed by atoms with Crippen molar-refractivity contribution in [3.8, 4) is 0 Å². The molecule has 0 bridgehead atoms. The Kier molecular flexibility index (Phi) is 4.94. The number of benzene rings is 1. The van der Waals surface area contributed by atoms with E-state index in [2.05, 4.69) is 45.3 Å². The second-order valence-corrected chi connectivity index (χ2v) is 7.42. The molecule has 0 spiro atoms. The molecular weight excluding hydrogens is 348 g/mol. The van der Waals surface area contributed by atoms with Gasteiger partial charge in [-0.15, -0.1) is 0 Å². The van der Waals surface area contributed by atoms with Crippen LogP contribution >= 0.6 is 11.6 Å². The van der Waals surface area contributed by atoms with Crippen LogP contribution in [-0.4, -0.2) is 55.4 Å². The molecule has 4 rings (SSSR count). The topological polar surface area (TPSA) is 39.8 Å². The Labute approximate surface area is 159 Å². The van der Waals surface area contributed by atoms with Crippen LogP contribution in [0, 0.1) is 0 Å². The van der Waals surface area contributed by atoms with Crippen molar-refractivity contribution in [2.24, 2.45) is 0 Å². The van der Waals surface area contributed by atoms with Crippen molar-refractivity contribution in [2.75, 3.05) is 39.4 Å². The highest BCUT2D eigenvalue weighted by atomic mass is 35.5. The maximum Gasteiger partial charge on any atom is 0.121 e. The van der Waals surface area contributed by atoms with E-state index in [1.54, 1.807) is 0 Å². The SMILES string of the molecule is C=C(C)C1=CN2C(CN3CCOCC3)=C(c3ccc(Cl)cc3)NC2CN1. The van der Waals surface area contributed by atoms with Gasteiger partial charge in [-0.05, 0) is 30.2 Å². The summed E-state index contributed by atoms with van der Waals surface area (Å²) in [7, 11) is 0. The number of fused-ring (bicyclic) bond motifs is 1. The smallest absolute Gasteiger partial charge is 0.121 e. The molecule has 0 radical (unpaired) electrons. The zero-order valence-electron chi connectivity index (χ0n) is 15.1. The van der Waals surface area contributed by atoms with Gasteiger partial charge in [-0.25, -0.2) is 0 Å². The van der Waals surface area contributed by atoms with Crippen LogP contribution in [0.25, 0.3) is 5.70 Å². The van der Waals surface area contributed by atoms with Gasteiger partial charge in [0.15, 0.2) is 0 Å². The molecule has 1 unspecified atom stereocenters. The molecule has 26 heavy (non-hydrogen) atoms. The Morgan fingerprint density at radius 1 is 1.27 bits per heavy atom. The van der Waals surface area contributed by atoms with Crippen molar-refractivity contribution in [2.45, 2.75) is 13.1 Å². The van der Waals surface area contributed by atoms with Crippen LogP contribution in [0.1, 0.15) is 12.5 Å². The summed E-state index contributed by atoms with van der Waals surface area (Å²) < 4.78 is 5.51. The first-order valence-corrected chi connectivity index (χ1v) is 9.45. The molecule has 2 N–H and O–H groups in total. The highest BCUT2D eigenvalue weighted by Crippen LogP contribution is 2.31. The van der Waals surface area contributed by atoms with E-state index in [1.807, 2.05) is 19.1 Å². The Balaban J connectivity index is 1.70. The third-order valence-electron chi connectivity index (χ3n) is 5.07. The lowest BCUT2D eigenvalue weighted by atomic mass is 10.1. The maximum atomic E-state index is 6.09. The van der Waals surface area contributed by atoms with Gasteiger partial charge in [0, 0.05) is 30.9 Å². The third-order valence-corrected chi connectivity index (χ3v) is 5.32. The number of hydrogen-bond acceptors (Lipinski definition) is 5. The van der Waals surface area contributed by atoms with Crippen LogP contribution in [0.3, 0.4) is 0 Å². The number of rotatable bonds is 4. The molecule has 0 saturated carbocycles. The molecule has 1 aromatic rings. The minimum Gasteiger partial charge on any atom is -0.380 e. The summed E-state index contributed by atoms with van der Waals surface area (Å²) in [6.07, 6.45) is 2.39. The molecule has 1 atom stereocenters. The highest BCUT2D eigenvalue weighted by molar-refractivity contribution is 6.30. The summed E-state index contributed by atoms with van der Waals surface area (Å²) in [4.78, 5) is 4.81. The highest BCUT2D eigenvalue weighted by Gasteiger charge is 2.34. The van der Waals surface area contributed by atoms with E-state index in [9.17, 15) is 0 Å². The van der Waals surface area contributed by atoms with Gasteiger partial charge in [-0.3, -0.25) is 4.90 Å². The first-order chi connectivity index (χ1) is 12.6. The first kappa shape index (κ1) is 17.5. The molecule has 1 aromatic carbocycles. The monoisotopic (exact) mass is 372 g/mol. The maximum absolute atomic E-state index is 6.09. The van der Waals surface area contributed by atoms with E-state index in [4.69, 9.17) is 16.3 Å². The predicted octanol–water partition coefficient (Wildman–Crippen LogP) is 2.59. The summed E-state index contributed by atoms with van der Waals surface area (Å²) in [6.45, 7) is 11.4. The van der Waals surface area contributed by atoms with Crippen molar-refractivity contribution in [1.29, 1.82) is 0 Å². The normalized spacial score (nSPS) is 23.2. The zero-order valence-corrected chi connectivity index (χ0v) is 15.9. The van der Waals surface area contributed by atoms with Crippen LogP contribution in [-0.2, 0) is 4.74 Å². The fraction of sp³-hybridized carbons (Fsp3) is 0.400. The lowest BCUT2D eigenvalue weighted by Gasteiger charge is -2.35. The van der Waals surface area contributed by atoms with E-state index in [-0.39, 0.29) is 6.17 Å². The largest absolute Gasteiger partial charge is 0.380 e. The summed E-state index contributed by atoms with van der Waals surface area (Å²) in [6, 6.07) is 8.06. The summed E-state index contributed by atoms with van der Waals surface area (Å²) in [5, 5.41) is 7.92. The second kappa shape index (κ2) is 7.35. The molecule has 3 aliphatic rings. The zero-order chi connectivity index (χ0) is 18.1.